The Kier molecular flexibility index (Phi) is 7.86. The first kappa shape index (κ1) is 26.0. The second-order valence-electron chi connectivity index (χ2n) is 9.54. The second-order valence-corrected chi connectivity index (χ2v) is 11.2. The summed E-state index contributed by atoms with van der Waals surface area (Å²) in [4.78, 5) is 33.0. The number of thioether (sulfide) groups is 1. The molecule has 188 valence electrons. The molecule has 36 heavy (non-hydrogen) atoms. The van der Waals surface area contributed by atoms with Gasteiger partial charge < -0.3 is 9.80 Å². The van der Waals surface area contributed by atoms with Crippen molar-refractivity contribution in [2.75, 3.05) is 42.5 Å². The summed E-state index contributed by atoms with van der Waals surface area (Å²) in [6.45, 7) is 9.64. The highest BCUT2D eigenvalue weighted by Crippen LogP contribution is 2.36. The number of anilines is 2. The average Bonchev–Trinajstić information content (AvgIpc) is 3.14. The molecule has 2 saturated heterocycles. The number of para-hydroxylation sites is 1. The molecule has 7 nitrogen and oxygen atoms in total. The molecule has 2 aliphatic heterocycles. The number of nitrogens with zero attached hydrogens (tertiary/aromatic N) is 5. The number of nitriles is 1. The standard InChI is InChI=1S/C27H31N5O2S2/c1-18(2)10-11-32-26(34)23(36-27(32)35)16-21-19(3)22(17-28)25(33)29(4)24(21)31-14-12-30(13-15-31)20-8-6-5-7-9-20/h5-9,16,18H,10-15H2,1-4H3/b23-16-. The lowest BCUT2D eigenvalue weighted by molar-refractivity contribution is -0.122. The highest BCUT2D eigenvalue weighted by molar-refractivity contribution is 8.26. The molecule has 2 aliphatic rings. The molecule has 4 rings (SSSR count). The number of amides is 1. The predicted molar refractivity (Wildman–Crippen MR) is 151 cm³/mol. The summed E-state index contributed by atoms with van der Waals surface area (Å²) >= 11 is 6.80. The minimum absolute atomic E-state index is 0.103. The largest absolute Gasteiger partial charge is 0.368 e. The van der Waals surface area contributed by atoms with Crippen LogP contribution in [0, 0.1) is 24.2 Å². The summed E-state index contributed by atoms with van der Waals surface area (Å²) in [5.74, 6) is 1.08. The van der Waals surface area contributed by atoms with Gasteiger partial charge in [0, 0.05) is 51.0 Å². The molecule has 0 saturated carbocycles. The molecule has 0 aliphatic carbocycles. The van der Waals surface area contributed by atoms with E-state index in [1.54, 1.807) is 23.4 Å². The molecular weight excluding hydrogens is 490 g/mol. The van der Waals surface area contributed by atoms with Crippen molar-refractivity contribution in [1.82, 2.24) is 9.47 Å². The SMILES string of the molecule is Cc1c(/C=C2\SC(=S)N(CCC(C)C)C2=O)c(N2CCN(c3ccccc3)CC2)n(C)c(=O)c1C#N. The fourth-order valence-corrected chi connectivity index (χ4v) is 5.91. The van der Waals surface area contributed by atoms with Gasteiger partial charge >= 0.3 is 0 Å². The summed E-state index contributed by atoms with van der Waals surface area (Å²) in [6.07, 6.45) is 2.69. The Morgan fingerprint density at radius 1 is 1.11 bits per heavy atom. The molecule has 0 radical (unpaired) electrons. The monoisotopic (exact) mass is 521 g/mol. The van der Waals surface area contributed by atoms with Crippen LogP contribution in [0.15, 0.2) is 40.0 Å². The van der Waals surface area contributed by atoms with Crippen LogP contribution < -0.4 is 15.4 Å². The van der Waals surface area contributed by atoms with Crippen molar-refractivity contribution in [3.8, 4) is 6.07 Å². The number of carbonyl (C=O) groups is 1. The van der Waals surface area contributed by atoms with E-state index in [0.717, 1.165) is 30.9 Å². The second kappa shape index (κ2) is 10.9. The van der Waals surface area contributed by atoms with Crippen LogP contribution in [0.4, 0.5) is 11.5 Å². The van der Waals surface area contributed by atoms with Crippen LogP contribution in [-0.2, 0) is 11.8 Å². The number of piperazine rings is 1. The van der Waals surface area contributed by atoms with E-state index in [1.807, 2.05) is 24.3 Å². The van der Waals surface area contributed by atoms with Crippen molar-refractivity contribution in [2.45, 2.75) is 27.2 Å². The molecule has 1 aromatic heterocycles. The zero-order valence-electron chi connectivity index (χ0n) is 21.2. The van der Waals surface area contributed by atoms with E-state index in [0.29, 0.717) is 40.3 Å². The molecule has 1 aromatic carbocycles. The number of rotatable bonds is 6. The van der Waals surface area contributed by atoms with Crippen molar-refractivity contribution < 1.29 is 4.79 Å². The van der Waals surface area contributed by atoms with Crippen molar-refractivity contribution in [1.29, 1.82) is 5.26 Å². The van der Waals surface area contributed by atoms with Crippen LogP contribution in [-0.4, -0.2) is 52.4 Å². The molecule has 2 aromatic rings. The number of pyridine rings is 1. The van der Waals surface area contributed by atoms with Gasteiger partial charge in [-0.2, -0.15) is 5.26 Å². The molecule has 9 heteroatoms. The summed E-state index contributed by atoms with van der Waals surface area (Å²) in [7, 11) is 1.70. The Hall–Kier alpha value is -3.09. The summed E-state index contributed by atoms with van der Waals surface area (Å²) in [5, 5.41) is 9.72. The van der Waals surface area contributed by atoms with Crippen LogP contribution in [0.3, 0.4) is 0 Å². The molecule has 0 N–H and O–H groups in total. The van der Waals surface area contributed by atoms with E-state index < -0.39 is 0 Å². The number of hydrogen-bond acceptors (Lipinski definition) is 7. The highest BCUT2D eigenvalue weighted by atomic mass is 32.2. The van der Waals surface area contributed by atoms with E-state index in [4.69, 9.17) is 12.2 Å². The summed E-state index contributed by atoms with van der Waals surface area (Å²) in [5.41, 5.74) is 2.27. The zero-order valence-corrected chi connectivity index (χ0v) is 22.8. The third-order valence-corrected chi connectivity index (χ3v) is 8.13. The van der Waals surface area contributed by atoms with Crippen molar-refractivity contribution >= 4 is 51.8 Å². The molecule has 0 bridgehead atoms. The first-order chi connectivity index (χ1) is 17.2. The van der Waals surface area contributed by atoms with Gasteiger partial charge in [-0.1, -0.05) is 56.0 Å². The third kappa shape index (κ3) is 5.06. The quantitative estimate of drug-likeness (QED) is 0.418. The number of thiocarbonyl (C=S) groups is 1. The molecule has 3 heterocycles. The third-order valence-electron chi connectivity index (χ3n) is 6.75. The minimum Gasteiger partial charge on any atom is -0.368 e. The van der Waals surface area contributed by atoms with Gasteiger partial charge in [0.05, 0.1) is 4.91 Å². The zero-order chi connectivity index (χ0) is 26.0. The van der Waals surface area contributed by atoms with E-state index in [9.17, 15) is 14.9 Å². The fraction of sp³-hybridized carbons (Fsp3) is 0.407. The van der Waals surface area contributed by atoms with Crippen molar-refractivity contribution in [3.05, 3.63) is 62.3 Å². The lowest BCUT2D eigenvalue weighted by atomic mass is 10.0. The number of carbonyl (C=O) groups excluding carboxylic acids is 1. The Morgan fingerprint density at radius 3 is 2.36 bits per heavy atom. The van der Waals surface area contributed by atoms with E-state index in [2.05, 4.69) is 41.8 Å². The molecular formula is C27H31N5O2S2. The van der Waals surface area contributed by atoms with Gasteiger partial charge in [-0.25, -0.2) is 0 Å². The van der Waals surface area contributed by atoms with Gasteiger partial charge in [0.25, 0.3) is 11.5 Å². The van der Waals surface area contributed by atoms with E-state index in [1.165, 1.54) is 17.4 Å². The highest BCUT2D eigenvalue weighted by Gasteiger charge is 2.33. The predicted octanol–water partition coefficient (Wildman–Crippen LogP) is 4.14. The van der Waals surface area contributed by atoms with Crippen molar-refractivity contribution in [3.63, 3.8) is 0 Å². The van der Waals surface area contributed by atoms with Crippen molar-refractivity contribution in [2.24, 2.45) is 13.0 Å². The maximum Gasteiger partial charge on any atom is 0.270 e. The normalized spacial score (nSPS) is 17.4. The van der Waals surface area contributed by atoms with Crippen LogP contribution in [0.5, 0.6) is 0 Å². The molecule has 1 amide bonds. The first-order valence-corrected chi connectivity index (χ1v) is 13.4. The Bertz CT molecular complexity index is 1300. The van der Waals surface area contributed by atoms with Gasteiger partial charge in [-0.15, -0.1) is 0 Å². The first-order valence-electron chi connectivity index (χ1n) is 12.2. The van der Waals surface area contributed by atoms with Crippen LogP contribution >= 0.6 is 24.0 Å². The minimum atomic E-state index is -0.322. The smallest absolute Gasteiger partial charge is 0.270 e. The lowest BCUT2D eigenvalue weighted by Crippen LogP contribution is -2.48. The van der Waals surface area contributed by atoms with E-state index in [-0.39, 0.29) is 17.0 Å². The Morgan fingerprint density at radius 2 is 1.75 bits per heavy atom. The average molecular weight is 522 g/mol. The Balaban J connectivity index is 1.70. The van der Waals surface area contributed by atoms with Crippen LogP contribution in [0.1, 0.15) is 37.0 Å². The fourth-order valence-electron chi connectivity index (χ4n) is 4.62. The van der Waals surface area contributed by atoms with Gasteiger partial charge in [0.2, 0.25) is 0 Å². The number of benzene rings is 1. The lowest BCUT2D eigenvalue weighted by Gasteiger charge is -2.38. The van der Waals surface area contributed by atoms with Gasteiger partial charge in [0.1, 0.15) is 21.8 Å². The summed E-state index contributed by atoms with van der Waals surface area (Å²) in [6, 6.07) is 12.3. The van der Waals surface area contributed by atoms with Gasteiger partial charge in [0.15, 0.2) is 0 Å². The molecule has 0 unspecified atom stereocenters. The maximum absolute atomic E-state index is 13.2. The number of aromatic nitrogens is 1. The molecule has 0 atom stereocenters. The van der Waals surface area contributed by atoms with Gasteiger partial charge in [-0.3, -0.25) is 19.1 Å². The summed E-state index contributed by atoms with van der Waals surface area (Å²) < 4.78 is 2.10. The van der Waals surface area contributed by atoms with Crippen LogP contribution in [0.25, 0.3) is 6.08 Å². The van der Waals surface area contributed by atoms with Gasteiger partial charge in [-0.05, 0) is 43.0 Å². The number of hydrogen-bond donors (Lipinski definition) is 0. The van der Waals surface area contributed by atoms with Crippen LogP contribution in [0.2, 0.25) is 0 Å². The molecule has 0 spiro atoms. The van der Waals surface area contributed by atoms with E-state index >= 15 is 0 Å². The maximum atomic E-state index is 13.2. The topological polar surface area (TPSA) is 72.6 Å². The molecule has 2 fully saturated rings. The Labute approximate surface area is 222 Å².